The van der Waals surface area contributed by atoms with Crippen LogP contribution >= 0.6 is 11.8 Å². The van der Waals surface area contributed by atoms with E-state index < -0.39 is 5.97 Å². The van der Waals surface area contributed by atoms with Gasteiger partial charge in [0.1, 0.15) is 0 Å². The zero-order valence-corrected chi connectivity index (χ0v) is 11.4. The minimum Gasteiger partial charge on any atom is -0.478 e. The van der Waals surface area contributed by atoms with Crippen LogP contribution in [0.2, 0.25) is 0 Å². The molecule has 2 nitrogen and oxygen atoms in total. The molecule has 0 saturated carbocycles. The van der Waals surface area contributed by atoms with Crippen LogP contribution in [0.5, 0.6) is 0 Å². The number of thioether (sulfide) groups is 1. The SMILES string of the molecule is C=C(CCCCCCCCCC1CS1)C(=O)O. The maximum Gasteiger partial charge on any atom is 0.330 e. The first-order valence-electron chi connectivity index (χ1n) is 6.73. The lowest BCUT2D eigenvalue weighted by molar-refractivity contribution is -0.132. The number of carbonyl (C=O) groups is 1. The summed E-state index contributed by atoms with van der Waals surface area (Å²) in [5.41, 5.74) is 0.354. The summed E-state index contributed by atoms with van der Waals surface area (Å²) in [5.74, 6) is 0.552. The van der Waals surface area contributed by atoms with Gasteiger partial charge in [-0.05, 0) is 19.3 Å². The van der Waals surface area contributed by atoms with Crippen LogP contribution in [0.3, 0.4) is 0 Å². The first-order chi connectivity index (χ1) is 8.20. The first-order valence-corrected chi connectivity index (χ1v) is 7.77. The lowest BCUT2D eigenvalue weighted by atomic mass is 10.0. The van der Waals surface area contributed by atoms with Crippen LogP contribution < -0.4 is 0 Å². The van der Waals surface area contributed by atoms with Crippen molar-refractivity contribution >= 4 is 17.7 Å². The monoisotopic (exact) mass is 256 g/mol. The number of carboxylic acid groups (broad SMARTS) is 1. The molecule has 1 atom stereocenters. The van der Waals surface area contributed by atoms with Gasteiger partial charge in [-0.25, -0.2) is 4.79 Å². The number of hydrogen-bond acceptors (Lipinski definition) is 2. The number of aliphatic carboxylic acids is 1. The number of unbranched alkanes of at least 4 members (excludes halogenated alkanes) is 6. The third-order valence-electron chi connectivity index (χ3n) is 3.21. The molecule has 0 spiro atoms. The summed E-state index contributed by atoms with van der Waals surface area (Å²) in [6.07, 6.45) is 10.8. The molecule has 0 aromatic carbocycles. The van der Waals surface area contributed by atoms with Crippen molar-refractivity contribution in [2.45, 2.75) is 63.0 Å². The molecule has 3 heteroatoms. The summed E-state index contributed by atoms with van der Waals surface area (Å²) in [5, 5.41) is 9.63. The summed E-state index contributed by atoms with van der Waals surface area (Å²) >= 11 is 2.09. The van der Waals surface area contributed by atoms with Gasteiger partial charge >= 0.3 is 5.97 Å². The smallest absolute Gasteiger partial charge is 0.330 e. The van der Waals surface area contributed by atoms with E-state index >= 15 is 0 Å². The van der Waals surface area contributed by atoms with E-state index in [9.17, 15) is 4.79 Å². The van der Waals surface area contributed by atoms with Crippen molar-refractivity contribution in [2.24, 2.45) is 0 Å². The molecule has 0 radical (unpaired) electrons. The van der Waals surface area contributed by atoms with Crippen LogP contribution in [0, 0.1) is 0 Å². The highest BCUT2D eigenvalue weighted by atomic mass is 32.2. The Morgan fingerprint density at radius 3 is 2.18 bits per heavy atom. The van der Waals surface area contributed by atoms with Crippen molar-refractivity contribution in [3.05, 3.63) is 12.2 Å². The maximum atomic E-state index is 10.5. The second kappa shape index (κ2) is 8.62. The van der Waals surface area contributed by atoms with Gasteiger partial charge in [0.05, 0.1) is 0 Å². The number of hydrogen-bond donors (Lipinski definition) is 1. The highest BCUT2D eigenvalue weighted by Gasteiger charge is 2.20. The van der Waals surface area contributed by atoms with E-state index in [-0.39, 0.29) is 0 Å². The van der Waals surface area contributed by atoms with Crippen LogP contribution in [0.25, 0.3) is 0 Å². The summed E-state index contributed by atoms with van der Waals surface area (Å²) in [6.45, 7) is 3.53. The van der Waals surface area contributed by atoms with Crippen molar-refractivity contribution in [1.82, 2.24) is 0 Å². The van der Waals surface area contributed by atoms with Crippen LogP contribution in [0.15, 0.2) is 12.2 Å². The Morgan fingerprint density at radius 1 is 1.12 bits per heavy atom. The van der Waals surface area contributed by atoms with E-state index in [0.717, 1.165) is 18.1 Å². The molecule has 1 aliphatic heterocycles. The fourth-order valence-electron chi connectivity index (χ4n) is 1.94. The normalized spacial score (nSPS) is 18.0. The van der Waals surface area contributed by atoms with Crippen LogP contribution in [0.1, 0.15) is 57.8 Å². The van der Waals surface area contributed by atoms with E-state index in [1.165, 1.54) is 44.3 Å². The second-order valence-corrected chi connectivity index (χ2v) is 6.21. The molecule has 1 unspecified atom stereocenters. The van der Waals surface area contributed by atoms with Crippen LogP contribution in [-0.4, -0.2) is 22.1 Å². The minimum absolute atomic E-state index is 0.354. The second-order valence-electron chi connectivity index (χ2n) is 4.88. The molecule has 1 fully saturated rings. The van der Waals surface area contributed by atoms with E-state index in [0.29, 0.717) is 12.0 Å². The van der Waals surface area contributed by atoms with Crippen molar-refractivity contribution in [3.63, 3.8) is 0 Å². The predicted molar refractivity (Wildman–Crippen MR) is 74.6 cm³/mol. The van der Waals surface area contributed by atoms with E-state index in [2.05, 4.69) is 18.3 Å². The zero-order valence-electron chi connectivity index (χ0n) is 10.6. The molecular formula is C14H24O2S. The molecule has 1 saturated heterocycles. The fraction of sp³-hybridized carbons (Fsp3) is 0.786. The van der Waals surface area contributed by atoms with E-state index in [4.69, 9.17) is 5.11 Å². The molecule has 98 valence electrons. The van der Waals surface area contributed by atoms with Crippen molar-refractivity contribution < 1.29 is 9.90 Å². The van der Waals surface area contributed by atoms with E-state index in [1.54, 1.807) is 0 Å². The van der Waals surface area contributed by atoms with Gasteiger partial charge in [-0.2, -0.15) is 11.8 Å². The molecule has 0 aliphatic carbocycles. The summed E-state index contributed by atoms with van der Waals surface area (Å²) < 4.78 is 0. The first kappa shape index (κ1) is 14.6. The van der Waals surface area contributed by atoms with Crippen LogP contribution in [-0.2, 0) is 4.79 Å². The predicted octanol–water partition coefficient (Wildman–Crippen LogP) is 4.25. The Kier molecular flexibility index (Phi) is 7.41. The average molecular weight is 256 g/mol. The van der Waals surface area contributed by atoms with Crippen molar-refractivity contribution in [3.8, 4) is 0 Å². The lowest BCUT2D eigenvalue weighted by Crippen LogP contribution is -1.98. The summed E-state index contributed by atoms with van der Waals surface area (Å²) in [6, 6.07) is 0. The van der Waals surface area contributed by atoms with Gasteiger partial charge in [0.25, 0.3) is 0 Å². The molecule has 1 N–H and O–H groups in total. The standard InChI is InChI=1S/C14H24O2S/c1-12(14(15)16)9-7-5-3-2-4-6-8-10-13-11-17-13/h13H,1-11H2,(H,15,16). The van der Waals surface area contributed by atoms with Gasteiger partial charge < -0.3 is 5.11 Å². The lowest BCUT2D eigenvalue weighted by Gasteiger charge is -2.02. The van der Waals surface area contributed by atoms with Crippen molar-refractivity contribution in [1.29, 1.82) is 0 Å². The Hall–Kier alpha value is -0.440. The molecule has 17 heavy (non-hydrogen) atoms. The minimum atomic E-state index is -0.844. The Balaban J connectivity index is 1.74. The molecule has 0 bridgehead atoms. The Labute approximate surface area is 109 Å². The average Bonchev–Trinajstić information content (AvgIpc) is 3.10. The van der Waals surface area contributed by atoms with Gasteiger partial charge in [-0.15, -0.1) is 0 Å². The molecule has 1 aliphatic rings. The molecule has 0 aromatic heterocycles. The Morgan fingerprint density at radius 2 is 1.65 bits per heavy atom. The summed E-state index contributed by atoms with van der Waals surface area (Å²) in [7, 11) is 0. The van der Waals surface area contributed by atoms with Gasteiger partial charge in [-0.3, -0.25) is 0 Å². The number of carboxylic acids is 1. The molecule has 0 aromatic rings. The third kappa shape index (κ3) is 8.31. The van der Waals surface area contributed by atoms with Gasteiger partial charge in [0, 0.05) is 16.6 Å². The Bertz CT molecular complexity index is 247. The fourth-order valence-corrected chi connectivity index (χ4v) is 2.57. The van der Waals surface area contributed by atoms with Gasteiger partial charge in [0.15, 0.2) is 0 Å². The van der Waals surface area contributed by atoms with Gasteiger partial charge in [0.2, 0.25) is 0 Å². The third-order valence-corrected chi connectivity index (χ3v) is 4.25. The van der Waals surface area contributed by atoms with Crippen LogP contribution in [0.4, 0.5) is 0 Å². The quantitative estimate of drug-likeness (QED) is 0.341. The molecular weight excluding hydrogens is 232 g/mol. The molecule has 0 amide bonds. The highest BCUT2D eigenvalue weighted by molar-refractivity contribution is 8.06. The largest absolute Gasteiger partial charge is 0.478 e. The van der Waals surface area contributed by atoms with E-state index in [1.807, 2.05) is 0 Å². The van der Waals surface area contributed by atoms with Gasteiger partial charge in [-0.1, -0.05) is 45.1 Å². The topological polar surface area (TPSA) is 37.3 Å². The number of rotatable bonds is 11. The summed E-state index contributed by atoms with van der Waals surface area (Å²) in [4.78, 5) is 10.5. The zero-order chi connectivity index (χ0) is 12.5. The maximum absolute atomic E-state index is 10.5. The molecule has 1 rings (SSSR count). The highest BCUT2D eigenvalue weighted by Crippen LogP contribution is 2.34. The molecule has 1 heterocycles. The van der Waals surface area contributed by atoms with Crippen molar-refractivity contribution in [2.75, 3.05) is 5.75 Å².